The van der Waals surface area contributed by atoms with E-state index in [4.69, 9.17) is 11.6 Å². The van der Waals surface area contributed by atoms with E-state index in [0.717, 1.165) is 15.4 Å². The van der Waals surface area contributed by atoms with Crippen LogP contribution in [0.25, 0.3) is 10.9 Å². The van der Waals surface area contributed by atoms with E-state index in [-0.39, 0.29) is 5.78 Å². The molecule has 3 rings (SSSR count). The summed E-state index contributed by atoms with van der Waals surface area (Å²) < 4.78 is 0.795. The first-order valence-electron chi connectivity index (χ1n) is 5.72. The standard InChI is InChI=1S/C15H9BrClNO/c16-10-5-9(6-11(17)7-10)15(19)13-8-18-14-4-2-1-3-12(13)14/h1-8,18H. The molecule has 0 bridgehead atoms. The Morgan fingerprint density at radius 1 is 1.16 bits per heavy atom. The van der Waals surface area contributed by atoms with Crippen LogP contribution in [0.1, 0.15) is 15.9 Å². The molecule has 0 spiro atoms. The molecule has 1 N–H and O–H groups in total. The highest BCUT2D eigenvalue weighted by atomic mass is 79.9. The van der Waals surface area contributed by atoms with E-state index in [1.165, 1.54) is 0 Å². The number of nitrogens with one attached hydrogen (secondary N) is 1. The molecule has 0 amide bonds. The number of benzene rings is 2. The molecule has 0 radical (unpaired) electrons. The molecule has 0 saturated carbocycles. The third-order valence-corrected chi connectivity index (χ3v) is 3.63. The van der Waals surface area contributed by atoms with E-state index in [1.807, 2.05) is 24.3 Å². The zero-order valence-electron chi connectivity index (χ0n) is 9.78. The number of aromatic amines is 1. The van der Waals surface area contributed by atoms with Gasteiger partial charge < -0.3 is 4.98 Å². The normalized spacial score (nSPS) is 10.8. The number of ketones is 1. The van der Waals surface area contributed by atoms with Crippen molar-refractivity contribution in [2.75, 3.05) is 0 Å². The van der Waals surface area contributed by atoms with Crippen LogP contribution in [-0.4, -0.2) is 10.8 Å². The SMILES string of the molecule is O=C(c1cc(Cl)cc(Br)c1)c1c[nH]c2ccccc12. The number of carbonyl (C=O) groups excluding carboxylic acids is 1. The number of carbonyl (C=O) groups is 1. The summed E-state index contributed by atoms with van der Waals surface area (Å²) in [7, 11) is 0. The van der Waals surface area contributed by atoms with Crippen LogP contribution in [0.15, 0.2) is 53.1 Å². The van der Waals surface area contributed by atoms with Gasteiger partial charge in [-0.05, 0) is 24.3 Å². The highest BCUT2D eigenvalue weighted by Crippen LogP contribution is 2.25. The maximum absolute atomic E-state index is 12.5. The lowest BCUT2D eigenvalue weighted by atomic mass is 10.0. The minimum Gasteiger partial charge on any atom is -0.360 e. The van der Waals surface area contributed by atoms with Crippen LogP contribution in [0.4, 0.5) is 0 Å². The number of para-hydroxylation sites is 1. The Hall–Kier alpha value is -1.58. The Balaban J connectivity index is 2.13. The molecule has 0 saturated heterocycles. The van der Waals surface area contributed by atoms with E-state index in [1.54, 1.807) is 24.4 Å². The van der Waals surface area contributed by atoms with Crippen LogP contribution >= 0.6 is 27.5 Å². The summed E-state index contributed by atoms with van der Waals surface area (Å²) in [6.07, 6.45) is 1.74. The van der Waals surface area contributed by atoms with Crippen LogP contribution in [-0.2, 0) is 0 Å². The maximum Gasteiger partial charge on any atom is 0.195 e. The molecular weight excluding hydrogens is 326 g/mol. The van der Waals surface area contributed by atoms with Gasteiger partial charge in [0.15, 0.2) is 5.78 Å². The smallest absolute Gasteiger partial charge is 0.195 e. The van der Waals surface area contributed by atoms with Gasteiger partial charge in [-0.3, -0.25) is 4.79 Å². The van der Waals surface area contributed by atoms with Gasteiger partial charge in [0.25, 0.3) is 0 Å². The Bertz CT molecular complexity index is 758. The Kier molecular flexibility index (Phi) is 3.17. The lowest BCUT2D eigenvalue weighted by Gasteiger charge is -2.02. The molecule has 4 heteroatoms. The largest absolute Gasteiger partial charge is 0.360 e. The van der Waals surface area contributed by atoms with Gasteiger partial charge in [-0.15, -0.1) is 0 Å². The highest BCUT2D eigenvalue weighted by Gasteiger charge is 2.14. The minimum absolute atomic E-state index is 0.0411. The van der Waals surface area contributed by atoms with E-state index in [9.17, 15) is 4.79 Å². The van der Waals surface area contributed by atoms with Crippen molar-refractivity contribution in [1.82, 2.24) is 4.98 Å². The zero-order chi connectivity index (χ0) is 13.4. The maximum atomic E-state index is 12.5. The summed E-state index contributed by atoms with van der Waals surface area (Å²) in [6.45, 7) is 0. The number of hydrogen-bond acceptors (Lipinski definition) is 1. The lowest BCUT2D eigenvalue weighted by Crippen LogP contribution is -2.00. The van der Waals surface area contributed by atoms with Crippen LogP contribution in [0.3, 0.4) is 0 Å². The highest BCUT2D eigenvalue weighted by molar-refractivity contribution is 9.10. The second-order valence-electron chi connectivity index (χ2n) is 4.24. The monoisotopic (exact) mass is 333 g/mol. The van der Waals surface area contributed by atoms with Crippen molar-refractivity contribution in [1.29, 1.82) is 0 Å². The van der Waals surface area contributed by atoms with Gasteiger partial charge in [0.05, 0.1) is 0 Å². The van der Waals surface area contributed by atoms with Crippen LogP contribution < -0.4 is 0 Å². The molecule has 0 aliphatic rings. The van der Waals surface area contributed by atoms with Crippen molar-refractivity contribution in [3.63, 3.8) is 0 Å². The average molecular weight is 335 g/mol. The van der Waals surface area contributed by atoms with E-state index in [2.05, 4.69) is 20.9 Å². The summed E-state index contributed by atoms with van der Waals surface area (Å²) in [5.74, 6) is -0.0411. The van der Waals surface area contributed by atoms with Crippen molar-refractivity contribution in [3.05, 3.63) is 69.3 Å². The number of H-pyrrole nitrogens is 1. The topological polar surface area (TPSA) is 32.9 Å². The first kappa shape index (κ1) is 12.5. The Labute approximate surface area is 123 Å². The third kappa shape index (κ3) is 2.31. The number of aromatic nitrogens is 1. The first-order chi connectivity index (χ1) is 9.15. The second-order valence-corrected chi connectivity index (χ2v) is 5.59. The molecule has 1 heterocycles. The van der Waals surface area contributed by atoms with E-state index < -0.39 is 0 Å². The molecule has 2 aromatic carbocycles. The van der Waals surface area contributed by atoms with Gasteiger partial charge in [0, 0.05) is 37.7 Å². The summed E-state index contributed by atoms with van der Waals surface area (Å²) in [4.78, 5) is 15.6. The molecule has 0 aliphatic carbocycles. The molecule has 0 aliphatic heterocycles. The fraction of sp³-hybridized carbons (Fsp3) is 0. The predicted molar refractivity (Wildman–Crippen MR) is 80.9 cm³/mol. The summed E-state index contributed by atoms with van der Waals surface area (Å²) in [5, 5.41) is 1.46. The molecular formula is C15H9BrClNO. The number of halogens is 2. The summed E-state index contributed by atoms with van der Waals surface area (Å²) >= 11 is 9.33. The van der Waals surface area contributed by atoms with Gasteiger partial charge in [0.2, 0.25) is 0 Å². The predicted octanol–water partition coefficient (Wildman–Crippen LogP) is 4.81. The van der Waals surface area contributed by atoms with E-state index >= 15 is 0 Å². The fourth-order valence-electron chi connectivity index (χ4n) is 2.10. The van der Waals surface area contributed by atoms with Crippen LogP contribution in [0.2, 0.25) is 5.02 Å². The quantitative estimate of drug-likeness (QED) is 0.670. The number of rotatable bonds is 2. The lowest BCUT2D eigenvalue weighted by molar-refractivity contribution is 0.104. The second kappa shape index (κ2) is 4.83. The molecule has 0 atom stereocenters. The summed E-state index contributed by atoms with van der Waals surface area (Å²) in [6, 6.07) is 12.9. The van der Waals surface area contributed by atoms with Crippen LogP contribution in [0.5, 0.6) is 0 Å². The molecule has 0 fully saturated rings. The number of hydrogen-bond donors (Lipinski definition) is 1. The minimum atomic E-state index is -0.0411. The van der Waals surface area contributed by atoms with Crippen molar-refractivity contribution in [3.8, 4) is 0 Å². The van der Waals surface area contributed by atoms with Crippen molar-refractivity contribution >= 4 is 44.2 Å². The van der Waals surface area contributed by atoms with Gasteiger partial charge >= 0.3 is 0 Å². The molecule has 94 valence electrons. The molecule has 0 unspecified atom stereocenters. The Morgan fingerprint density at radius 2 is 1.95 bits per heavy atom. The van der Waals surface area contributed by atoms with Gasteiger partial charge in [-0.25, -0.2) is 0 Å². The first-order valence-corrected chi connectivity index (χ1v) is 6.89. The number of fused-ring (bicyclic) bond motifs is 1. The van der Waals surface area contributed by atoms with E-state index in [0.29, 0.717) is 16.1 Å². The van der Waals surface area contributed by atoms with Gasteiger partial charge in [-0.1, -0.05) is 45.7 Å². The molecule has 2 nitrogen and oxygen atoms in total. The van der Waals surface area contributed by atoms with Crippen LogP contribution in [0, 0.1) is 0 Å². The Morgan fingerprint density at radius 3 is 2.74 bits per heavy atom. The zero-order valence-corrected chi connectivity index (χ0v) is 12.1. The molecule has 1 aromatic heterocycles. The molecule has 3 aromatic rings. The van der Waals surface area contributed by atoms with Crippen molar-refractivity contribution in [2.45, 2.75) is 0 Å². The average Bonchev–Trinajstić information content (AvgIpc) is 2.80. The van der Waals surface area contributed by atoms with Gasteiger partial charge in [-0.2, -0.15) is 0 Å². The van der Waals surface area contributed by atoms with Crippen molar-refractivity contribution < 1.29 is 4.79 Å². The third-order valence-electron chi connectivity index (χ3n) is 2.96. The van der Waals surface area contributed by atoms with Gasteiger partial charge in [0.1, 0.15) is 0 Å². The molecule has 19 heavy (non-hydrogen) atoms. The summed E-state index contributed by atoms with van der Waals surface area (Å²) in [5.41, 5.74) is 2.18. The fourth-order valence-corrected chi connectivity index (χ4v) is 2.96. The van der Waals surface area contributed by atoms with Crippen molar-refractivity contribution in [2.24, 2.45) is 0 Å².